The van der Waals surface area contributed by atoms with E-state index < -0.39 is 9.76 Å². The quantitative estimate of drug-likeness (QED) is 0.734. The molecule has 0 spiro atoms. The van der Waals surface area contributed by atoms with E-state index in [9.17, 15) is 0 Å². The van der Waals surface area contributed by atoms with Gasteiger partial charge in [-0.3, -0.25) is 0 Å². The Balaban J connectivity index is -0.000000722. The molecule has 0 aliphatic carbocycles. The minimum Gasteiger partial charge on any atom is -0.424 e. The predicted molar refractivity (Wildman–Crippen MR) is 114 cm³/mol. The fourth-order valence-electron chi connectivity index (χ4n) is 1.69. The smallest absolute Gasteiger partial charge is 0.171 e. The highest BCUT2D eigenvalue weighted by atomic mass is 32.1. The molecule has 1 atom stereocenters. The van der Waals surface area contributed by atoms with Gasteiger partial charge in [0.2, 0.25) is 0 Å². The normalized spacial score (nSPS) is 11.1. The van der Waals surface area contributed by atoms with Crippen LogP contribution in [0, 0.1) is 0 Å². The highest BCUT2D eigenvalue weighted by Gasteiger charge is 2.15. The maximum atomic E-state index is 5.64. The van der Waals surface area contributed by atoms with Crippen molar-refractivity contribution < 1.29 is 4.43 Å². The van der Waals surface area contributed by atoms with E-state index in [0.29, 0.717) is 5.54 Å². The molecule has 2 nitrogen and oxygen atoms in total. The second-order valence-corrected chi connectivity index (χ2v) is 6.57. The van der Waals surface area contributed by atoms with Crippen LogP contribution in [0.1, 0.15) is 30.8 Å². The Labute approximate surface area is 155 Å². The Kier molecular flexibility index (Phi) is 17.1. The lowest BCUT2D eigenvalue weighted by molar-refractivity contribution is 0.352. The summed E-state index contributed by atoms with van der Waals surface area (Å²) in [5.41, 5.74) is 1.71. The van der Waals surface area contributed by atoms with Crippen LogP contribution in [0.4, 0.5) is 0 Å². The maximum Gasteiger partial charge on any atom is 0.171 e. The summed E-state index contributed by atoms with van der Waals surface area (Å²) in [6, 6.07) is 8.35. The van der Waals surface area contributed by atoms with Crippen molar-refractivity contribution in [2.75, 3.05) is 6.61 Å². The van der Waals surface area contributed by atoms with Crippen molar-refractivity contribution in [3.05, 3.63) is 29.3 Å². The molecule has 2 rings (SSSR count). The molecule has 0 saturated carbocycles. The van der Waals surface area contributed by atoms with E-state index in [0.717, 1.165) is 18.5 Å². The second-order valence-electron chi connectivity index (χ2n) is 3.78. The first-order valence-electron chi connectivity index (χ1n) is 5.78. The first-order valence-corrected chi connectivity index (χ1v) is 7.99. The first kappa shape index (κ1) is 25.6. The first-order chi connectivity index (χ1) is 7.85. The molecule has 1 aromatic carbocycles. The molecule has 0 N–H and O–H groups in total. The van der Waals surface area contributed by atoms with Gasteiger partial charge in [0, 0.05) is 12.1 Å². The van der Waals surface area contributed by atoms with E-state index in [1.165, 1.54) is 9.71 Å². The van der Waals surface area contributed by atoms with Crippen LogP contribution in [0.5, 0.6) is 0 Å². The summed E-state index contributed by atoms with van der Waals surface area (Å²) in [4.78, 5) is 4.71. The fourth-order valence-corrected chi connectivity index (χ4v) is 4.20. The van der Waals surface area contributed by atoms with E-state index in [-0.39, 0.29) is 54.0 Å². The molecule has 0 amide bonds. The van der Waals surface area contributed by atoms with Gasteiger partial charge in [0.05, 0.1) is 15.2 Å². The zero-order valence-electron chi connectivity index (χ0n) is 11.8. The van der Waals surface area contributed by atoms with Crippen molar-refractivity contribution in [3.8, 4) is 0 Å². The largest absolute Gasteiger partial charge is 0.424 e. The molecular weight excluding hydrogens is 363 g/mol. The molecule has 118 valence electrons. The number of aromatic nitrogens is 1. The number of para-hydroxylation sites is 1. The summed E-state index contributed by atoms with van der Waals surface area (Å²) in [6.45, 7) is 5.13. The summed E-state index contributed by atoms with van der Waals surface area (Å²) >= 11 is 1.82. The number of rotatable bonds is 5. The highest BCUT2D eigenvalue weighted by Crippen LogP contribution is 2.28. The lowest BCUT2D eigenvalue weighted by Crippen LogP contribution is -2.10. The van der Waals surface area contributed by atoms with Gasteiger partial charge in [-0.1, -0.05) is 19.1 Å². The van der Waals surface area contributed by atoms with Crippen LogP contribution in [0.3, 0.4) is 0 Å². The summed E-state index contributed by atoms with van der Waals surface area (Å²) in [5.74, 6) is 0. The third-order valence-corrected chi connectivity index (χ3v) is 6.18. The van der Waals surface area contributed by atoms with Crippen LogP contribution < -0.4 is 0 Å². The van der Waals surface area contributed by atoms with Gasteiger partial charge in [0.25, 0.3) is 0 Å². The van der Waals surface area contributed by atoms with Crippen molar-refractivity contribution in [1.29, 1.82) is 0 Å². The molecule has 0 radical (unpaired) electrons. The number of fused-ring (bicyclic) bond motifs is 1. The maximum absolute atomic E-state index is 5.64. The van der Waals surface area contributed by atoms with Crippen molar-refractivity contribution in [3.63, 3.8) is 0 Å². The van der Waals surface area contributed by atoms with Crippen molar-refractivity contribution in [1.82, 2.24) is 4.98 Å². The predicted octanol–water partition coefficient (Wildman–Crippen LogP) is 3.32. The molecule has 0 bridgehead atoms. The van der Waals surface area contributed by atoms with Crippen molar-refractivity contribution in [2.45, 2.75) is 25.8 Å². The topological polar surface area (TPSA) is 22.1 Å². The van der Waals surface area contributed by atoms with Gasteiger partial charge in [0.15, 0.2) is 9.76 Å². The molecule has 1 unspecified atom stereocenters. The van der Waals surface area contributed by atoms with Crippen LogP contribution >= 0.6 is 65.3 Å². The lowest BCUT2D eigenvalue weighted by Gasteiger charge is -2.09. The zero-order chi connectivity index (χ0) is 11.4. The Bertz CT molecular complexity index is 435. The molecule has 0 saturated heterocycles. The number of thiazole rings is 1. The second kappa shape index (κ2) is 13.4. The number of benzene rings is 1. The molecule has 0 aliphatic rings. The molecule has 8 heteroatoms. The van der Waals surface area contributed by atoms with Gasteiger partial charge in [-0.05, 0) is 25.5 Å². The Morgan fingerprint density at radius 2 is 1.80 bits per heavy atom. The summed E-state index contributed by atoms with van der Waals surface area (Å²) in [6.07, 6.45) is 1.14. The van der Waals surface area contributed by atoms with Gasteiger partial charge in [0.1, 0.15) is 0 Å². The molecule has 0 fully saturated rings. The van der Waals surface area contributed by atoms with Crippen molar-refractivity contribution in [2.24, 2.45) is 0 Å². The Morgan fingerprint density at radius 1 is 1.15 bits per heavy atom. The number of hydrogen-bond acceptors (Lipinski definition) is 3. The minimum absolute atomic E-state index is 0. The summed E-state index contributed by atoms with van der Waals surface area (Å²) in [7, 11) is -0.471. The third-order valence-electron chi connectivity index (χ3n) is 2.68. The van der Waals surface area contributed by atoms with E-state index in [2.05, 4.69) is 32.0 Å². The monoisotopic (exact) mass is 387 g/mol. The van der Waals surface area contributed by atoms with Gasteiger partial charge in [-0.2, -0.15) is 54.0 Å². The molecule has 1 heterocycles. The van der Waals surface area contributed by atoms with Crippen LogP contribution in [0.25, 0.3) is 10.2 Å². The number of hydrogen-bond donors (Lipinski definition) is 0. The van der Waals surface area contributed by atoms with E-state index in [1.807, 2.05) is 17.4 Å². The van der Waals surface area contributed by atoms with Crippen molar-refractivity contribution >= 4 is 85.3 Å². The van der Waals surface area contributed by atoms with Gasteiger partial charge in [-0.25, -0.2) is 4.98 Å². The highest BCUT2D eigenvalue weighted by molar-refractivity contribution is 7.59. The molecular formula is C12H25NOS5Si. The molecule has 1 aromatic heterocycles. The van der Waals surface area contributed by atoms with E-state index in [4.69, 9.17) is 9.41 Å². The minimum atomic E-state index is -0.471. The Morgan fingerprint density at radius 3 is 2.35 bits per heavy atom. The molecule has 2 aromatic rings. The van der Waals surface area contributed by atoms with Crippen LogP contribution in [0.2, 0.25) is 0 Å². The van der Waals surface area contributed by atoms with Gasteiger partial charge < -0.3 is 4.43 Å². The Hall–Kier alpha value is 0.687. The third kappa shape index (κ3) is 6.63. The van der Waals surface area contributed by atoms with Gasteiger partial charge in [-0.15, -0.1) is 11.3 Å². The molecule has 20 heavy (non-hydrogen) atoms. The lowest BCUT2D eigenvalue weighted by atomic mass is 10.3. The average Bonchev–Trinajstić information content (AvgIpc) is 2.73. The SMILES string of the molecule is CCO[SiH2]C(CC)c1nc2ccccc2s1.S.S.S.S. The van der Waals surface area contributed by atoms with Crippen LogP contribution in [0.15, 0.2) is 24.3 Å². The van der Waals surface area contributed by atoms with Crippen LogP contribution in [-0.4, -0.2) is 21.4 Å². The van der Waals surface area contributed by atoms with E-state index in [1.54, 1.807) is 0 Å². The summed E-state index contributed by atoms with van der Waals surface area (Å²) < 4.78 is 6.94. The zero-order valence-corrected chi connectivity index (χ0v) is 18.0. The average molecular weight is 388 g/mol. The van der Waals surface area contributed by atoms with E-state index >= 15 is 0 Å². The summed E-state index contributed by atoms with van der Waals surface area (Å²) in [5, 5.41) is 1.27. The van der Waals surface area contributed by atoms with Crippen LogP contribution in [-0.2, 0) is 4.43 Å². The number of nitrogens with zero attached hydrogens (tertiary/aromatic N) is 1. The van der Waals surface area contributed by atoms with Gasteiger partial charge >= 0.3 is 0 Å². The fraction of sp³-hybridized carbons (Fsp3) is 0.417. The standard InChI is InChI=1S/C12H17NOSSi.4H2S/c1-3-11(16-14-4-2)12-13-9-7-5-6-8-10(9)15-12;;;;/h5-8,11H,3-4,16H2,1-2H3;4*1H2. The molecule has 0 aliphatic heterocycles.